The molecule has 0 unspecified atom stereocenters. The van der Waals surface area contributed by atoms with E-state index in [-0.39, 0.29) is 24.0 Å². The van der Waals surface area contributed by atoms with E-state index in [1.165, 1.54) is 16.6 Å². The molecular formula is C22H16FN7O3. The topological polar surface area (TPSA) is 133 Å². The molecule has 3 N–H and O–H groups in total. The zero-order chi connectivity index (χ0) is 23.2. The van der Waals surface area contributed by atoms with Crippen LogP contribution < -0.4 is 20.9 Å². The van der Waals surface area contributed by atoms with Gasteiger partial charge in [0.1, 0.15) is 6.61 Å². The minimum atomic E-state index is -1.02. The van der Waals surface area contributed by atoms with E-state index >= 15 is 0 Å². The van der Waals surface area contributed by atoms with E-state index in [0.29, 0.717) is 16.8 Å². The van der Waals surface area contributed by atoms with Crippen LogP contribution in [0.2, 0.25) is 0 Å². The van der Waals surface area contributed by atoms with E-state index in [4.69, 9.17) is 10.00 Å². The number of nitrogens with one attached hydrogen (secondary N) is 3. The monoisotopic (exact) mass is 445 g/mol. The Labute approximate surface area is 186 Å². The predicted molar refractivity (Wildman–Crippen MR) is 115 cm³/mol. The second-order valence-electron chi connectivity index (χ2n) is 6.72. The Balaban J connectivity index is 1.31. The number of rotatable bonds is 6. The highest BCUT2D eigenvalue weighted by molar-refractivity contribution is 6.39. The lowest BCUT2D eigenvalue weighted by molar-refractivity contribution is -0.135. The fourth-order valence-corrected chi connectivity index (χ4v) is 2.83. The minimum Gasteiger partial charge on any atom is -0.486 e. The number of ether oxygens (including phenoxy) is 1. The third kappa shape index (κ3) is 5.20. The molecule has 2 aromatic carbocycles. The van der Waals surface area contributed by atoms with Gasteiger partial charge in [-0.25, -0.2) is 8.91 Å². The third-order valence-corrected chi connectivity index (χ3v) is 4.38. The smallest absolute Gasteiger partial charge is 0.328 e. The van der Waals surface area contributed by atoms with Gasteiger partial charge in [-0.2, -0.15) is 10.2 Å². The Kier molecular flexibility index (Phi) is 6.08. The highest BCUT2D eigenvalue weighted by Gasteiger charge is 2.16. The maximum Gasteiger partial charge on any atom is 0.328 e. The average molecular weight is 445 g/mol. The van der Waals surface area contributed by atoms with Crippen LogP contribution in [0.3, 0.4) is 0 Å². The Morgan fingerprint density at radius 3 is 2.76 bits per heavy atom. The van der Waals surface area contributed by atoms with Gasteiger partial charge in [0, 0.05) is 18.0 Å². The van der Waals surface area contributed by atoms with Crippen LogP contribution in [0, 0.1) is 17.1 Å². The molecule has 10 nitrogen and oxygen atoms in total. The van der Waals surface area contributed by atoms with Crippen molar-refractivity contribution >= 4 is 29.1 Å². The maximum atomic E-state index is 14.4. The Bertz CT molecular complexity index is 1350. The van der Waals surface area contributed by atoms with Crippen molar-refractivity contribution in [3.63, 3.8) is 0 Å². The highest BCUT2D eigenvalue weighted by Crippen LogP contribution is 2.22. The normalized spacial score (nSPS) is 10.3. The van der Waals surface area contributed by atoms with E-state index in [0.717, 1.165) is 6.07 Å². The van der Waals surface area contributed by atoms with Gasteiger partial charge in [0.25, 0.3) is 5.95 Å². The van der Waals surface area contributed by atoms with Crippen LogP contribution in [0.5, 0.6) is 5.75 Å². The average Bonchev–Trinajstić information content (AvgIpc) is 3.25. The number of hydrazine groups is 1. The molecule has 2 amide bonds. The van der Waals surface area contributed by atoms with Gasteiger partial charge in [-0.3, -0.25) is 20.4 Å². The molecule has 4 aromatic rings. The zero-order valence-electron chi connectivity index (χ0n) is 16.9. The Morgan fingerprint density at radius 2 is 1.97 bits per heavy atom. The van der Waals surface area contributed by atoms with Gasteiger partial charge in [-0.05, 0) is 42.0 Å². The number of nitriles is 1. The van der Waals surface area contributed by atoms with Gasteiger partial charge in [-0.1, -0.05) is 18.2 Å². The summed E-state index contributed by atoms with van der Waals surface area (Å²) in [7, 11) is 0. The number of carbonyl (C=O) groups is 2. The van der Waals surface area contributed by atoms with Crippen molar-refractivity contribution in [2.45, 2.75) is 6.61 Å². The van der Waals surface area contributed by atoms with Crippen LogP contribution in [-0.2, 0) is 16.2 Å². The largest absolute Gasteiger partial charge is 0.486 e. The van der Waals surface area contributed by atoms with Gasteiger partial charge in [0.2, 0.25) is 0 Å². The van der Waals surface area contributed by atoms with E-state index in [2.05, 4.69) is 26.3 Å². The SMILES string of the molecule is N#Cc1cccc(COc2ccc(NC(=O)C(=O)NNc3nc4ccccn4n3)cc2F)c1. The van der Waals surface area contributed by atoms with Crippen LogP contribution in [-0.4, -0.2) is 26.4 Å². The summed E-state index contributed by atoms with van der Waals surface area (Å²) >= 11 is 0. The number of aromatic nitrogens is 3. The first-order valence-electron chi connectivity index (χ1n) is 9.62. The summed E-state index contributed by atoms with van der Waals surface area (Å²) in [5.41, 5.74) is 6.41. The van der Waals surface area contributed by atoms with Crippen LogP contribution in [0.4, 0.5) is 16.0 Å². The molecule has 164 valence electrons. The number of anilines is 2. The second-order valence-corrected chi connectivity index (χ2v) is 6.72. The van der Waals surface area contributed by atoms with E-state index in [1.807, 2.05) is 6.07 Å². The molecule has 0 spiro atoms. The molecule has 0 aliphatic carbocycles. The number of benzene rings is 2. The summed E-state index contributed by atoms with van der Waals surface area (Å²) in [6.45, 7) is 0.0588. The van der Waals surface area contributed by atoms with Crippen molar-refractivity contribution in [3.05, 3.63) is 83.8 Å². The van der Waals surface area contributed by atoms with Crippen molar-refractivity contribution in [1.82, 2.24) is 20.0 Å². The standard InChI is InChI=1S/C22H16FN7O3/c23-17-11-16(7-8-18(17)33-13-15-5-3-4-14(10-15)12-24)25-20(31)21(32)27-28-22-26-19-6-1-2-9-30(19)29-22/h1-11H,13H2,(H,25,31)(H,27,32)(H,28,29). The number of pyridine rings is 1. The van der Waals surface area contributed by atoms with Crippen LogP contribution >= 0.6 is 0 Å². The van der Waals surface area contributed by atoms with Crippen LogP contribution in [0.25, 0.3) is 5.65 Å². The lowest BCUT2D eigenvalue weighted by Gasteiger charge is -2.10. The highest BCUT2D eigenvalue weighted by atomic mass is 19.1. The molecule has 0 saturated heterocycles. The number of nitrogens with zero attached hydrogens (tertiary/aromatic N) is 4. The molecule has 0 bridgehead atoms. The number of hydrogen-bond acceptors (Lipinski definition) is 7. The maximum absolute atomic E-state index is 14.4. The molecule has 2 heterocycles. The molecule has 0 aliphatic rings. The summed E-state index contributed by atoms with van der Waals surface area (Å²) in [5, 5.41) is 15.3. The summed E-state index contributed by atoms with van der Waals surface area (Å²) in [6, 6.07) is 17.8. The first-order valence-corrected chi connectivity index (χ1v) is 9.62. The summed E-state index contributed by atoms with van der Waals surface area (Å²) < 4.78 is 21.3. The van der Waals surface area contributed by atoms with Gasteiger partial charge in [0.15, 0.2) is 17.2 Å². The van der Waals surface area contributed by atoms with Gasteiger partial charge < -0.3 is 10.1 Å². The molecule has 0 saturated carbocycles. The summed E-state index contributed by atoms with van der Waals surface area (Å²) in [5.74, 6) is -2.72. The summed E-state index contributed by atoms with van der Waals surface area (Å²) in [6.07, 6.45) is 1.67. The third-order valence-electron chi connectivity index (χ3n) is 4.38. The second kappa shape index (κ2) is 9.44. The van der Waals surface area contributed by atoms with Gasteiger partial charge in [0.05, 0.1) is 11.6 Å². The first kappa shape index (κ1) is 21.3. The van der Waals surface area contributed by atoms with Crippen molar-refractivity contribution < 1.29 is 18.7 Å². The molecule has 2 aromatic heterocycles. The lowest BCUT2D eigenvalue weighted by Crippen LogP contribution is -2.39. The number of hydrogen-bond donors (Lipinski definition) is 3. The molecule has 0 fully saturated rings. The number of halogens is 1. The Hall–Kier alpha value is -4.98. The molecular weight excluding hydrogens is 429 g/mol. The fourth-order valence-electron chi connectivity index (χ4n) is 2.83. The lowest BCUT2D eigenvalue weighted by atomic mass is 10.1. The van der Waals surface area contributed by atoms with Crippen molar-refractivity contribution in [2.24, 2.45) is 0 Å². The van der Waals surface area contributed by atoms with E-state index in [1.54, 1.807) is 48.7 Å². The van der Waals surface area contributed by atoms with Gasteiger partial charge >= 0.3 is 11.8 Å². The Morgan fingerprint density at radius 1 is 1.09 bits per heavy atom. The summed E-state index contributed by atoms with van der Waals surface area (Å²) in [4.78, 5) is 28.2. The molecule has 0 atom stereocenters. The fraction of sp³-hybridized carbons (Fsp3) is 0.0455. The zero-order valence-corrected chi connectivity index (χ0v) is 16.9. The predicted octanol–water partition coefficient (Wildman–Crippen LogP) is 2.40. The molecule has 4 rings (SSSR count). The van der Waals surface area contributed by atoms with Crippen molar-refractivity contribution in [2.75, 3.05) is 10.7 Å². The molecule has 0 aliphatic heterocycles. The molecule has 33 heavy (non-hydrogen) atoms. The number of fused-ring (bicyclic) bond motifs is 1. The van der Waals surface area contributed by atoms with Crippen LogP contribution in [0.15, 0.2) is 66.9 Å². The van der Waals surface area contributed by atoms with Crippen molar-refractivity contribution in [1.29, 1.82) is 5.26 Å². The quantitative estimate of drug-likeness (QED) is 0.307. The molecule has 11 heteroatoms. The minimum absolute atomic E-state index is 0.0422. The van der Waals surface area contributed by atoms with E-state index < -0.39 is 17.6 Å². The van der Waals surface area contributed by atoms with E-state index in [9.17, 15) is 14.0 Å². The first-order chi connectivity index (χ1) is 16.0. The molecule has 0 radical (unpaired) electrons. The number of carbonyl (C=O) groups excluding carboxylic acids is 2. The van der Waals surface area contributed by atoms with Crippen molar-refractivity contribution in [3.8, 4) is 11.8 Å². The van der Waals surface area contributed by atoms with Gasteiger partial charge in [-0.15, -0.1) is 5.10 Å². The number of amides is 2. The van der Waals surface area contributed by atoms with Crippen LogP contribution in [0.1, 0.15) is 11.1 Å².